The van der Waals surface area contributed by atoms with Crippen molar-refractivity contribution in [2.75, 3.05) is 20.3 Å². The van der Waals surface area contributed by atoms with Gasteiger partial charge in [0, 0.05) is 45.4 Å². The average Bonchev–Trinajstić information content (AvgIpc) is 2.85. The Morgan fingerprint density at radius 3 is 2.86 bits per heavy atom. The molecule has 2 heterocycles. The van der Waals surface area contributed by atoms with Crippen molar-refractivity contribution >= 4 is 0 Å². The van der Waals surface area contributed by atoms with Crippen molar-refractivity contribution in [1.29, 1.82) is 0 Å². The molecule has 1 aliphatic heterocycles. The van der Waals surface area contributed by atoms with E-state index in [2.05, 4.69) is 9.88 Å². The Morgan fingerprint density at radius 1 is 1.32 bits per heavy atom. The molecular weight excluding hydrogens is 288 g/mol. The Labute approximate surface area is 128 Å². The summed E-state index contributed by atoms with van der Waals surface area (Å²) in [5.74, 6) is -1.39. The lowest BCUT2D eigenvalue weighted by Crippen LogP contribution is -2.35. The summed E-state index contributed by atoms with van der Waals surface area (Å²) in [6.07, 6.45) is 1.81. The number of nitrogens with zero attached hydrogens (tertiary/aromatic N) is 3. The Hall–Kier alpha value is -1.79. The Kier molecular flexibility index (Phi) is 4.22. The van der Waals surface area contributed by atoms with Gasteiger partial charge in [-0.3, -0.25) is 4.90 Å². The number of ether oxygens (including phenoxy) is 1. The summed E-state index contributed by atoms with van der Waals surface area (Å²) in [6.45, 7) is 2.68. The second kappa shape index (κ2) is 6.14. The number of hydrogen-bond donors (Lipinski definition) is 0. The molecule has 0 radical (unpaired) electrons. The van der Waals surface area contributed by atoms with Crippen molar-refractivity contribution in [3.63, 3.8) is 0 Å². The fraction of sp³-hybridized carbons (Fsp3) is 0.438. The predicted octanol–water partition coefficient (Wildman–Crippen LogP) is 2.44. The predicted molar refractivity (Wildman–Crippen MR) is 78.3 cm³/mol. The van der Waals surface area contributed by atoms with E-state index in [4.69, 9.17) is 4.74 Å². The average molecular weight is 307 g/mol. The van der Waals surface area contributed by atoms with Gasteiger partial charge in [0.1, 0.15) is 0 Å². The maximum Gasteiger partial charge on any atom is 0.159 e. The van der Waals surface area contributed by atoms with Crippen LogP contribution in [0.25, 0.3) is 0 Å². The lowest BCUT2D eigenvalue weighted by Gasteiger charge is -2.32. The summed E-state index contributed by atoms with van der Waals surface area (Å²) in [5.41, 5.74) is 2.98. The molecule has 0 spiro atoms. The van der Waals surface area contributed by atoms with Gasteiger partial charge in [-0.05, 0) is 17.7 Å². The van der Waals surface area contributed by atoms with Gasteiger partial charge in [-0.2, -0.15) is 0 Å². The van der Waals surface area contributed by atoms with Gasteiger partial charge >= 0.3 is 0 Å². The standard InChI is InChI=1S/C16H19F2N3O/c1-20-10-19-15-8-21(7-12(9-22-2)16(15)20)6-11-3-4-13(17)14(18)5-11/h3-5,10,12H,6-9H2,1-2H3/t12-/m1/s1. The largest absolute Gasteiger partial charge is 0.384 e. The molecule has 22 heavy (non-hydrogen) atoms. The molecule has 0 unspecified atom stereocenters. The van der Waals surface area contributed by atoms with E-state index in [1.54, 1.807) is 13.2 Å². The molecule has 118 valence electrons. The number of aryl methyl sites for hydroxylation is 1. The fourth-order valence-corrected chi connectivity index (χ4v) is 3.16. The first-order chi connectivity index (χ1) is 10.6. The maximum atomic E-state index is 13.3. The third-order valence-electron chi connectivity index (χ3n) is 4.06. The van der Waals surface area contributed by atoms with Crippen molar-refractivity contribution in [3.8, 4) is 0 Å². The molecule has 1 aromatic heterocycles. The van der Waals surface area contributed by atoms with Crippen molar-refractivity contribution in [2.45, 2.75) is 19.0 Å². The normalized spacial score (nSPS) is 18.5. The zero-order chi connectivity index (χ0) is 15.7. The van der Waals surface area contributed by atoms with Crippen molar-refractivity contribution in [3.05, 3.63) is 53.1 Å². The smallest absolute Gasteiger partial charge is 0.159 e. The first kappa shape index (κ1) is 15.1. The SMILES string of the molecule is COC[C@H]1CN(Cc2ccc(F)c(F)c2)Cc2ncn(C)c21. The van der Waals surface area contributed by atoms with Crippen LogP contribution in [-0.4, -0.2) is 34.7 Å². The molecule has 0 N–H and O–H groups in total. The van der Waals surface area contributed by atoms with Gasteiger partial charge in [0.2, 0.25) is 0 Å². The lowest BCUT2D eigenvalue weighted by atomic mass is 9.98. The number of fused-ring (bicyclic) bond motifs is 1. The Bertz CT molecular complexity index is 671. The van der Waals surface area contributed by atoms with Gasteiger partial charge in [0.05, 0.1) is 18.6 Å². The second-order valence-electron chi connectivity index (χ2n) is 5.76. The zero-order valence-electron chi connectivity index (χ0n) is 12.7. The maximum absolute atomic E-state index is 13.3. The Balaban J connectivity index is 1.80. The van der Waals surface area contributed by atoms with Crippen LogP contribution in [0.1, 0.15) is 22.9 Å². The van der Waals surface area contributed by atoms with Gasteiger partial charge in [0.25, 0.3) is 0 Å². The molecule has 6 heteroatoms. The minimum atomic E-state index is -0.813. The third kappa shape index (κ3) is 2.89. The first-order valence-corrected chi connectivity index (χ1v) is 7.23. The van der Waals surface area contributed by atoms with E-state index in [-0.39, 0.29) is 5.92 Å². The summed E-state index contributed by atoms with van der Waals surface area (Å²) in [6, 6.07) is 4.06. The molecule has 1 aliphatic rings. The zero-order valence-corrected chi connectivity index (χ0v) is 12.7. The van der Waals surface area contributed by atoms with Crippen molar-refractivity contribution in [2.24, 2.45) is 7.05 Å². The summed E-state index contributed by atoms with van der Waals surface area (Å²) in [7, 11) is 3.67. The number of hydrogen-bond acceptors (Lipinski definition) is 3. The highest BCUT2D eigenvalue weighted by molar-refractivity contribution is 5.23. The van der Waals surface area contributed by atoms with Crippen molar-refractivity contribution in [1.82, 2.24) is 14.5 Å². The lowest BCUT2D eigenvalue weighted by molar-refractivity contribution is 0.132. The molecule has 0 saturated carbocycles. The number of methoxy groups -OCH3 is 1. The number of aromatic nitrogens is 2. The minimum Gasteiger partial charge on any atom is -0.384 e. The highest BCUT2D eigenvalue weighted by atomic mass is 19.2. The monoisotopic (exact) mass is 307 g/mol. The molecule has 2 aromatic rings. The topological polar surface area (TPSA) is 30.3 Å². The summed E-state index contributed by atoms with van der Waals surface area (Å²) in [4.78, 5) is 6.63. The molecule has 0 amide bonds. The van der Waals surface area contributed by atoms with E-state index < -0.39 is 11.6 Å². The number of rotatable bonds is 4. The third-order valence-corrected chi connectivity index (χ3v) is 4.06. The van der Waals surface area contributed by atoms with Gasteiger partial charge in [-0.1, -0.05) is 6.07 Å². The van der Waals surface area contributed by atoms with E-state index in [1.165, 1.54) is 17.8 Å². The van der Waals surface area contributed by atoms with E-state index in [0.717, 1.165) is 17.8 Å². The van der Waals surface area contributed by atoms with E-state index in [0.29, 0.717) is 19.7 Å². The number of imidazole rings is 1. The Morgan fingerprint density at radius 2 is 2.14 bits per heavy atom. The highest BCUT2D eigenvalue weighted by Crippen LogP contribution is 2.28. The molecule has 0 fully saturated rings. The first-order valence-electron chi connectivity index (χ1n) is 7.23. The van der Waals surface area contributed by atoms with E-state index in [9.17, 15) is 8.78 Å². The van der Waals surface area contributed by atoms with Crippen LogP contribution in [0.5, 0.6) is 0 Å². The molecular formula is C16H19F2N3O. The van der Waals surface area contributed by atoms with Crippen LogP contribution in [0, 0.1) is 11.6 Å². The number of benzene rings is 1. The van der Waals surface area contributed by atoms with Gasteiger partial charge < -0.3 is 9.30 Å². The molecule has 0 saturated heterocycles. The molecule has 1 atom stereocenters. The van der Waals surface area contributed by atoms with Crippen LogP contribution < -0.4 is 0 Å². The van der Waals surface area contributed by atoms with Crippen molar-refractivity contribution < 1.29 is 13.5 Å². The van der Waals surface area contributed by atoms with Gasteiger partial charge in [-0.15, -0.1) is 0 Å². The second-order valence-corrected chi connectivity index (χ2v) is 5.76. The molecule has 4 nitrogen and oxygen atoms in total. The van der Waals surface area contributed by atoms with Crippen LogP contribution in [0.15, 0.2) is 24.5 Å². The van der Waals surface area contributed by atoms with Gasteiger partial charge in [0.15, 0.2) is 11.6 Å². The van der Waals surface area contributed by atoms with Crippen LogP contribution in [0.3, 0.4) is 0 Å². The molecule has 0 bridgehead atoms. The minimum absolute atomic E-state index is 0.228. The van der Waals surface area contributed by atoms with Crippen LogP contribution in [0.4, 0.5) is 8.78 Å². The molecule has 1 aromatic carbocycles. The van der Waals surface area contributed by atoms with Crippen LogP contribution >= 0.6 is 0 Å². The molecule has 3 rings (SSSR count). The fourth-order valence-electron chi connectivity index (χ4n) is 3.16. The van der Waals surface area contributed by atoms with Crippen LogP contribution in [0.2, 0.25) is 0 Å². The van der Waals surface area contributed by atoms with Crippen LogP contribution in [-0.2, 0) is 24.9 Å². The summed E-state index contributed by atoms with van der Waals surface area (Å²) >= 11 is 0. The number of halogens is 2. The quantitative estimate of drug-likeness (QED) is 0.869. The summed E-state index contributed by atoms with van der Waals surface area (Å²) in [5, 5.41) is 0. The highest BCUT2D eigenvalue weighted by Gasteiger charge is 2.28. The van der Waals surface area contributed by atoms with Gasteiger partial charge in [-0.25, -0.2) is 13.8 Å². The summed E-state index contributed by atoms with van der Waals surface area (Å²) < 4.78 is 33.7. The molecule has 0 aliphatic carbocycles. The van der Waals surface area contributed by atoms with E-state index in [1.807, 2.05) is 17.9 Å². The van der Waals surface area contributed by atoms with E-state index >= 15 is 0 Å².